The number of benzene rings is 2. The minimum absolute atomic E-state index is 0.0856. The molecule has 5 nitrogen and oxygen atoms in total. The summed E-state index contributed by atoms with van der Waals surface area (Å²) in [5.74, 6) is -1.99. The highest BCUT2D eigenvalue weighted by atomic mass is 19.2. The van der Waals surface area contributed by atoms with Crippen LogP contribution in [0.15, 0.2) is 71.3 Å². The van der Waals surface area contributed by atoms with Gasteiger partial charge in [-0.05, 0) is 36.1 Å². The summed E-state index contributed by atoms with van der Waals surface area (Å²) in [5, 5.41) is 3.15. The van der Waals surface area contributed by atoms with Crippen molar-refractivity contribution in [1.82, 2.24) is 14.8 Å². The van der Waals surface area contributed by atoms with Crippen LogP contribution < -0.4 is 5.32 Å². The molecule has 0 unspecified atom stereocenters. The average molecular weight is 450 g/mol. The van der Waals surface area contributed by atoms with Crippen molar-refractivity contribution in [1.29, 1.82) is 0 Å². The van der Waals surface area contributed by atoms with Crippen molar-refractivity contribution in [3.63, 3.8) is 0 Å². The Morgan fingerprint density at radius 1 is 0.939 bits per heavy atom. The second-order valence-electron chi connectivity index (χ2n) is 8.54. The topological polar surface area (TPSA) is 50.4 Å². The molecule has 0 aliphatic carbocycles. The van der Waals surface area contributed by atoms with Crippen LogP contribution in [0.5, 0.6) is 0 Å². The highest BCUT2D eigenvalue weighted by Crippen LogP contribution is 2.24. The van der Waals surface area contributed by atoms with E-state index in [1.54, 1.807) is 23.0 Å². The average Bonchev–Trinajstić information content (AvgIpc) is 3.41. The molecule has 0 radical (unpaired) electrons. The Morgan fingerprint density at radius 3 is 2.48 bits per heavy atom. The van der Waals surface area contributed by atoms with Gasteiger partial charge in [-0.2, -0.15) is 0 Å². The lowest BCUT2D eigenvalue weighted by atomic mass is 10.0. The van der Waals surface area contributed by atoms with E-state index >= 15 is 0 Å². The molecule has 0 spiro atoms. The van der Waals surface area contributed by atoms with E-state index in [2.05, 4.69) is 22.3 Å². The van der Waals surface area contributed by atoms with Crippen molar-refractivity contribution in [3.05, 3.63) is 95.4 Å². The number of likely N-dealkylation sites (tertiary alicyclic amines) is 1. The number of amides is 1. The second-order valence-corrected chi connectivity index (χ2v) is 8.54. The maximum Gasteiger partial charge on any atom is 0.268 e. The van der Waals surface area contributed by atoms with Gasteiger partial charge >= 0.3 is 0 Å². The van der Waals surface area contributed by atoms with Gasteiger partial charge in [0.05, 0.1) is 11.8 Å². The number of aromatic nitrogens is 1. The van der Waals surface area contributed by atoms with Crippen LogP contribution >= 0.6 is 0 Å². The fourth-order valence-corrected chi connectivity index (χ4v) is 4.49. The predicted molar refractivity (Wildman–Crippen MR) is 122 cm³/mol. The molecule has 3 heterocycles. The Morgan fingerprint density at radius 2 is 1.73 bits per heavy atom. The van der Waals surface area contributed by atoms with E-state index in [1.807, 2.05) is 18.2 Å². The molecule has 0 atom stereocenters. The first-order chi connectivity index (χ1) is 16.1. The summed E-state index contributed by atoms with van der Waals surface area (Å²) in [7, 11) is 0. The Hall–Kier alpha value is -3.45. The first kappa shape index (κ1) is 21.4. The van der Waals surface area contributed by atoms with E-state index in [1.165, 1.54) is 11.6 Å². The lowest BCUT2D eigenvalue weighted by molar-refractivity contribution is 0.0900. The van der Waals surface area contributed by atoms with Crippen molar-refractivity contribution in [2.24, 2.45) is 0 Å². The van der Waals surface area contributed by atoms with Gasteiger partial charge in [-0.25, -0.2) is 8.78 Å². The summed E-state index contributed by atoms with van der Waals surface area (Å²) in [4.78, 5) is 15.6. The van der Waals surface area contributed by atoms with Crippen LogP contribution in [0.3, 0.4) is 0 Å². The van der Waals surface area contributed by atoms with Gasteiger partial charge in [0.2, 0.25) is 0 Å². The Kier molecular flexibility index (Phi) is 5.96. The van der Waals surface area contributed by atoms with E-state index in [0.717, 1.165) is 50.1 Å². The van der Waals surface area contributed by atoms with Crippen LogP contribution in [-0.4, -0.2) is 34.5 Å². The molecule has 1 aliphatic heterocycles. The summed E-state index contributed by atoms with van der Waals surface area (Å²) in [6.07, 6.45) is 3.30. The molecule has 170 valence electrons. The van der Waals surface area contributed by atoms with Crippen LogP contribution in [0.4, 0.5) is 8.78 Å². The zero-order chi connectivity index (χ0) is 22.8. The molecule has 1 saturated heterocycles. The van der Waals surface area contributed by atoms with E-state index in [0.29, 0.717) is 16.8 Å². The number of furan rings is 1. The van der Waals surface area contributed by atoms with Crippen LogP contribution in [0.25, 0.3) is 11.1 Å². The largest absolute Gasteiger partial charge is 0.463 e. The van der Waals surface area contributed by atoms with Crippen LogP contribution in [0.1, 0.15) is 34.5 Å². The summed E-state index contributed by atoms with van der Waals surface area (Å²) >= 11 is 0. The molecule has 1 fully saturated rings. The van der Waals surface area contributed by atoms with Crippen molar-refractivity contribution in [2.45, 2.75) is 32.0 Å². The summed E-state index contributed by atoms with van der Waals surface area (Å²) < 4.78 is 34.3. The van der Waals surface area contributed by atoms with Crippen molar-refractivity contribution < 1.29 is 18.0 Å². The number of nitrogens with one attached hydrogen (secondary N) is 1. The number of piperidine rings is 1. The number of rotatable bonds is 6. The number of fused-ring (bicyclic) bond motifs is 1. The lowest BCUT2D eigenvalue weighted by Crippen LogP contribution is -2.44. The van der Waals surface area contributed by atoms with Gasteiger partial charge in [0.1, 0.15) is 5.69 Å². The molecule has 1 aliphatic rings. The Labute approximate surface area is 190 Å². The van der Waals surface area contributed by atoms with Gasteiger partial charge in [-0.15, -0.1) is 0 Å². The van der Waals surface area contributed by atoms with Gasteiger partial charge < -0.3 is 14.3 Å². The number of carbonyl (C=O) groups excluding carboxylic acids is 1. The minimum atomic E-state index is -0.906. The molecule has 1 amide bonds. The third kappa shape index (κ3) is 4.68. The fourth-order valence-electron chi connectivity index (χ4n) is 4.49. The van der Waals surface area contributed by atoms with Crippen LogP contribution in [-0.2, 0) is 13.1 Å². The van der Waals surface area contributed by atoms with Crippen molar-refractivity contribution >= 4 is 17.0 Å². The summed E-state index contributed by atoms with van der Waals surface area (Å²) in [5.41, 5.74) is 3.62. The predicted octanol–water partition coefficient (Wildman–Crippen LogP) is 4.96. The third-order valence-electron chi connectivity index (χ3n) is 6.25. The molecule has 4 aromatic rings. The number of hydrogen-bond acceptors (Lipinski definition) is 3. The van der Waals surface area contributed by atoms with Gasteiger partial charge in [0.25, 0.3) is 5.91 Å². The summed E-state index contributed by atoms with van der Waals surface area (Å²) in [6.45, 7) is 2.98. The molecule has 7 heteroatoms. The van der Waals surface area contributed by atoms with E-state index in [4.69, 9.17) is 4.42 Å². The van der Waals surface area contributed by atoms with Crippen molar-refractivity contribution in [2.75, 3.05) is 13.1 Å². The van der Waals surface area contributed by atoms with E-state index in [-0.39, 0.29) is 18.5 Å². The quantitative estimate of drug-likeness (QED) is 0.453. The molecule has 0 bridgehead atoms. The monoisotopic (exact) mass is 449 g/mol. The van der Waals surface area contributed by atoms with Gasteiger partial charge in [-0.3, -0.25) is 9.69 Å². The number of carbonyl (C=O) groups is 1. The van der Waals surface area contributed by atoms with E-state index < -0.39 is 11.6 Å². The second kappa shape index (κ2) is 9.19. The number of halogens is 2. The molecule has 0 saturated carbocycles. The zero-order valence-electron chi connectivity index (χ0n) is 18.1. The van der Waals surface area contributed by atoms with Gasteiger partial charge in [0, 0.05) is 44.4 Å². The highest BCUT2D eigenvalue weighted by Gasteiger charge is 2.24. The normalized spacial score (nSPS) is 15.2. The zero-order valence-corrected chi connectivity index (χ0v) is 18.1. The standard InChI is InChI=1S/C26H25F2N3O2/c27-21-7-6-19(14-22(21)28)17-31-23-10-13-33-25(23)15-24(31)26(32)29-20-8-11-30(12-9-20)16-18-4-2-1-3-5-18/h1-7,10,13-15,20H,8-9,11-12,16-17H2,(H,29,32). The molecule has 33 heavy (non-hydrogen) atoms. The smallest absolute Gasteiger partial charge is 0.268 e. The van der Waals surface area contributed by atoms with Crippen LogP contribution in [0.2, 0.25) is 0 Å². The third-order valence-corrected chi connectivity index (χ3v) is 6.25. The first-order valence-electron chi connectivity index (χ1n) is 11.1. The minimum Gasteiger partial charge on any atom is -0.463 e. The van der Waals surface area contributed by atoms with Gasteiger partial charge in [-0.1, -0.05) is 36.4 Å². The molecule has 1 N–H and O–H groups in total. The SMILES string of the molecule is O=C(NC1CCN(Cc2ccccc2)CC1)c1cc2occc2n1Cc1ccc(F)c(F)c1. The Balaban J connectivity index is 1.27. The lowest BCUT2D eigenvalue weighted by Gasteiger charge is -2.32. The van der Waals surface area contributed by atoms with Crippen molar-refractivity contribution in [3.8, 4) is 0 Å². The highest BCUT2D eigenvalue weighted by molar-refractivity contribution is 5.97. The van der Waals surface area contributed by atoms with Crippen LogP contribution in [0, 0.1) is 11.6 Å². The number of hydrogen-bond donors (Lipinski definition) is 1. The summed E-state index contributed by atoms with van der Waals surface area (Å²) in [6, 6.07) is 17.7. The fraction of sp³-hybridized carbons (Fsp3) is 0.269. The van der Waals surface area contributed by atoms with E-state index in [9.17, 15) is 13.6 Å². The Bertz CT molecular complexity index is 1260. The maximum absolute atomic E-state index is 13.7. The molecular formula is C26H25F2N3O2. The number of nitrogens with zero attached hydrogens (tertiary/aromatic N) is 2. The molecule has 2 aromatic carbocycles. The molecular weight excluding hydrogens is 424 g/mol. The maximum atomic E-state index is 13.7. The molecule has 2 aromatic heterocycles. The first-order valence-corrected chi connectivity index (χ1v) is 11.1. The molecule has 5 rings (SSSR count). The van der Waals surface area contributed by atoms with Gasteiger partial charge in [0.15, 0.2) is 17.2 Å².